The highest BCUT2D eigenvalue weighted by Crippen LogP contribution is 2.48. The van der Waals surface area contributed by atoms with Gasteiger partial charge in [0, 0.05) is 52.0 Å². The van der Waals surface area contributed by atoms with Gasteiger partial charge in [-0.15, -0.1) is 0 Å². The molecule has 0 radical (unpaired) electrons. The van der Waals surface area contributed by atoms with Gasteiger partial charge in [-0.05, 0) is 99.5 Å². The largest absolute Gasteiger partial charge is 0.471 e. The monoisotopic (exact) mass is 754 g/mol. The number of aliphatic hydroxyl groups is 1. The Balaban J connectivity index is 0.000000141. The number of rotatable bonds is 4. The molecule has 4 aliphatic rings. The van der Waals surface area contributed by atoms with Crippen LogP contribution in [0.4, 0.5) is 4.39 Å². The third-order valence-corrected chi connectivity index (χ3v) is 11.5. The molecule has 270 valence electrons. The van der Waals surface area contributed by atoms with Crippen LogP contribution in [-0.4, -0.2) is 52.7 Å². The van der Waals surface area contributed by atoms with Crippen molar-refractivity contribution in [2.75, 3.05) is 0 Å². The minimum atomic E-state index is -0.521. The Labute approximate surface area is 313 Å². The molecule has 14 heteroatoms. The van der Waals surface area contributed by atoms with Crippen LogP contribution in [0.25, 0.3) is 45.7 Å². The highest BCUT2D eigenvalue weighted by atomic mass is 35.5. The SMILES string of the molecule is CC1Cc2cc(-c3nc(-c4ccc(Cl)c(F)c4)no3)cnc2OC12CCC2.OC1Cc2cc(-c3nc(-c4ccc(Cl)cc4)no3)cnc2OC12CCC2. The first kappa shape index (κ1) is 33.9. The van der Waals surface area contributed by atoms with Crippen molar-refractivity contribution in [1.29, 1.82) is 0 Å². The molecule has 2 fully saturated rings. The standard InChI is InChI=1S/C20H17ClFN3O2.C19H16ClN3O3/c1-11-7-13-8-14(10-23-18(13)26-20(11)5-2-6-20)19-24-17(25-27-19)12-3-4-15(21)16(22)9-12;20-14-4-2-11(3-5-14)16-22-18(26-23-16)13-8-12-9-15(24)19(6-1-7-19)25-17(12)21-10-13/h3-4,8-11H,2,5-7H2,1H3;2-5,8,10,15,24H,1,6-7,9H2. The number of ether oxygens (including phenoxy) is 2. The van der Waals surface area contributed by atoms with Gasteiger partial charge in [-0.1, -0.05) is 40.4 Å². The molecule has 2 atom stereocenters. The first-order valence-corrected chi connectivity index (χ1v) is 18.4. The number of nitrogens with zero attached hydrogens (tertiary/aromatic N) is 6. The highest BCUT2D eigenvalue weighted by molar-refractivity contribution is 6.31. The average Bonchev–Trinajstić information content (AvgIpc) is 3.83. The second-order valence-corrected chi connectivity index (χ2v) is 15.1. The van der Waals surface area contributed by atoms with E-state index in [4.69, 9.17) is 41.7 Å². The lowest BCUT2D eigenvalue weighted by Crippen LogP contribution is -2.56. The molecule has 0 amide bonds. The van der Waals surface area contributed by atoms with E-state index in [1.165, 1.54) is 18.6 Å². The highest BCUT2D eigenvalue weighted by Gasteiger charge is 2.50. The van der Waals surface area contributed by atoms with Crippen LogP contribution in [0.2, 0.25) is 10.0 Å². The summed E-state index contributed by atoms with van der Waals surface area (Å²) in [6.45, 7) is 2.23. The molecule has 0 bridgehead atoms. The maximum absolute atomic E-state index is 13.7. The third-order valence-electron chi connectivity index (χ3n) is 10.9. The van der Waals surface area contributed by atoms with E-state index >= 15 is 0 Å². The molecule has 6 heterocycles. The Bertz CT molecular complexity index is 2320. The van der Waals surface area contributed by atoms with Crippen molar-refractivity contribution in [2.24, 2.45) is 5.92 Å². The van der Waals surface area contributed by atoms with E-state index in [1.54, 1.807) is 30.6 Å². The van der Waals surface area contributed by atoms with Crippen molar-refractivity contribution < 1.29 is 28.0 Å². The van der Waals surface area contributed by atoms with E-state index in [2.05, 4.69) is 37.2 Å². The van der Waals surface area contributed by atoms with E-state index in [0.717, 1.165) is 60.8 Å². The smallest absolute Gasteiger partial charge is 0.259 e. The lowest BCUT2D eigenvalue weighted by molar-refractivity contribution is -0.118. The van der Waals surface area contributed by atoms with Gasteiger partial charge in [-0.3, -0.25) is 0 Å². The van der Waals surface area contributed by atoms with Gasteiger partial charge < -0.3 is 23.6 Å². The van der Waals surface area contributed by atoms with Crippen LogP contribution in [-0.2, 0) is 12.8 Å². The zero-order chi connectivity index (χ0) is 36.3. The minimum absolute atomic E-state index is 0.0299. The van der Waals surface area contributed by atoms with Gasteiger partial charge in [0.1, 0.15) is 17.0 Å². The second-order valence-electron chi connectivity index (χ2n) is 14.2. The summed E-state index contributed by atoms with van der Waals surface area (Å²) < 4.78 is 36.7. The topological polar surface area (TPSA) is 142 Å². The van der Waals surface area contributed by atoms with Crippen molar-refractivity contribution >= 4 is 23.2 Å². The first-order chi connectivity index (χ1) is 25.7. The van der Waals surface area contributed by atoms with Gasteiger partial charge in [-0.2, -0.15) is 9.97 Å². The number of hydrogen-bond acceptors (Lipinski definition) is 11. The second kappa shape index (κ2) is 13.2. The maximum atomic E-state index is 13.7. The molecule has 2 unspecified atom stereocenters. The molecule has 53 heavy (non-hydrogen) atoms. The Kier molecular flexibility index (Phi) is 8.43. The predicted molar refractivity (Wildman–Crippen MR) is 193 cm³/mol. The van der Waals surface area contributed by atoms with E-state index in [9.17, 15) is 9.50 Å². The van der Waals surface area contributed by atoms with E-state index in [-0.39, 0.29) is 10.6 Å². The molecule has 11 nitrogen and oxygen atoms in total. The van der Waals surface area contributed by atoms with Gasteiger partial charge in [0.2, 0.25) is 23.4 Å². The van der Waals surface area contributed by atoms with E-state index < -0.39 is 17.5 Å². The van der Waals surface area contributed by atoms with Crippen LogP contribution >= 0.6 is 23.2 Å². The number of pyridine rings is 2. The van der Waals surface area contributed by atoms with Gasteiger partial charge in [0.05, 0.1) is 22.3 Å². The van der Waals surface area contributed by atoms with Crippen molar-refractivity contribution in [3.63, 3.8) is 0 Å². The summed E-state index contributed by atoms with van der Waals surface area (Å²) in [5.41, 5.74) is 4.20. The summed E-state index contributed by atoms with van der Waals surface area (Å²) in [6.07, 6.45) is 10.5. The van der Waals surface area contributed by atoms with Gasteiger partial charge in [0.25, 0.3) is 11.8 Å². The number of aromatic nitrogens is 6. The molecule has 2 aromatic carbocycles. The quantitative estimate of drug-likeness (QED) is 0.185. The normalized spacial score (nSPS) is 20.2. The lowest BCUT2D eigenvalue weighted by atomic mass is 9.68. The Morgan fingerprint density at radius 1 is 0.698 bits per heavy atom. The summed E-state index contributed by atoms with van der Waals surface area (Å²) in [4.78, 5) is 17.7. The van der Waals surface area contributed by atoms with Crippen LogP contribution < -0.4 is 9.47 Å². The van der Waals surface area contributed by atoms with Gasteiger partial charge >= 0.3 is 0 Å². The zero-order valence-electron chi connectivity index (χ0n) is 28.6. The molecular formula is C39H33Cl2FN6O5. The van der Waals surface area contributed by atoms with Crippen LogP contribution in [0, 0.1) is 11.7 Å². The fraction of sp³-hybridized carbons (Fsp3) is 0.333. The molecule has 2 aliphatic heterocycles. The third kappa shape index (κ3) is 6.22. The lowest BCUT2D eigenvalue weighted by Gasteiger charge is -2.49. The predicted octanol–water partition coefficient (Wildman–Crippen LogP) is 8.76. The molecule has 10 rings (SSSR count). The number of halogens is 3. The summed E-state index contributed by atoms with van der Waals surface area (Å²) in [6, 6.07) is 15.5. The molecule has 0 saturated heterocycles. The number of fused-ring (bicyclic) bond motifs is 2. The molecule has 4 aromatic heterocycles. The van der Waals surface area contributed by atoms with E-state index in [0.29, 0.717) is 63.7 Å². The van der Waals surface area contributed by atoms with E-state index in [1.807, 2.05) is 24.3 Å². The van der Waals surface area contributed by atoms with Crippen molar-refractivity contribution in [2.45, 2.75) is 75.6 Å². The van der Waals surface area contributed by atoms with Gasteiger partial charge in [0.15, 0.2) is 0 Å². The van der Waals surface area contributed by atoms with Crippen molar-refractivity contribution in [3.05, 3.63) is 94.0 Å². The number of aliphatic hydroxyl groups excluding tert-OH is 1. The average molecular weight is 756 g/mol. The maximum Gasteiger partial charge on any atom is 0.259 e. The first-order valence-electron chi connectivity index (χ1n) is 17.6. The number of benzene rings is 2. The summed E-state index contributed by atoms with van der Waals surface area (Å²) in [7, 11) is 0. The molecular weight excluding hydrogens is 722 g/mol. The molecule has 2 spiro atoms. The fourth-order valence-electron chi connectivity index (χ4n) is 7.40. The van der Waals surface area contributed by atoms with Crippen LogP contribution in [0.3, 0.4) is 0 Å². The fourth-order valence-corrected chi connectivity index (χ4v) is 7.64. The molecule has 6 aromatic rings. The van der Waals surface area contributed by atoms with Crippen LogP contribution in [0.5, 0.6) is 11.8 Å². The van der Waals surface area contributed by atoms with Crippen molar-refractivity contribution in [3.8, 4) is 57.4 Å². The Morgan fingerprint density at radius 3 is 1.81 bits per heavy atom. The van der Waals surface area contributed by atoms with Crippen molar-refractivity contribution in [1.82, 2.24) is 30.2 Å². The van der Waals surface area contributed by atoms with Gasteiger partial charge in [-0.25, -0.2) is 14.4 Å². The Morgan fingerprint density at radius 2 is 1.25 bits per heavy atom. The van der Waals surface area contributed by atoms with Crippen LogP contribution in [0.1, 0.15) is 56.6 Å². The summed E-state index contributed by atoms with van der Waals surface area (Å²) in [5, 5.41) is 19.1. The Hall–Kier alpha value is -4.91. The molecule has 2 aliphatic carbocycles. The summed E-state index contributed by atoms with van der Waals surface area (Å²) >= 11 is 11.6. The minimum Gasteiger partial charge on any atom is -0.471 e. The van der Waals surface area contributed by atoms with Crippen LogP contribution in [0.15, 0.2) is 76.0 Å². The molecule has 1 N–H and O–H groups in total. The molecule has 2 saturated carbocycles. The number of hydrogen-bond donors (Lipinski definition) is 1. The zero-order valence-corrected chi connectivity index (χ0v) is 30.1. The summed E-state index contributed by atoms with van der Waals surface area (Å²) in [5.74, 6) is 2.73.